The zero-order valence-corrected chi connectivity index (χ0v) is 16.5. The van der Waals surface area contributed by atoms with Crippen molar-refractivity contribution in [3.05, 3.63) is 58.6 Å². The van der Waals surface area contributed by atoms with Crippen LogP contribution in [0.15, 0.2) is 42.5 Å². The van der Waals surface area contributed by atoms with Crippen LogP contribution >= 0.6 is 11.6 Å². The number of hydrogen-bond donors (Lipinski definition) is 0. The van der Waals surface area contributed by atoms with Crippen LogP contribution < -0.4 is 9.64 Å². The molecule has 0 aliphatic rings. The van der Waals surface area contributed by atoms with Gasteiger partial charge >= 0.3 is 6.16 Å². The minimum atomic E-state index is -0.726. The van der Waals surface area contributed by atoms with Crippen molar-refractivity contribution in [1.29, 1.82) is 0 Å². The van der Waals surface area contributed by atoms with E-state index in [-0.39, 0.29) is 0 Å². The Labute approximate surface area is 160 Å². The smallest absolute Gasteiger partial charge is 0.410 e. The lowest BCUT2D eigenvalue weighted by molar-refractivity contribution is 0.0640. The van der Waals surface area contributed by atoms with Crippen LogP contribution in [-0.2, 0) is 4.74 Å². The zero-order chi connectivity index (χ0) is 19.1. The summed E-state index contributed by atoms with van der Waals surface area (Å²) in [6, 6.07) is 13.4. The minimum absolute atomic E-state index is 0.432. The second-order valence-electron chi connectivity index (χ2n) is 6.32. The van der Waals surface area contributed by atoms with E-state index in [1.54, 1.807) is 12.1 Å². The molecule has 0 heterocycles. The third kappa shape index (κ3) is 5.40. The molecule has 0 aromatic heterocycles. The number of halogens is 1. The van der Waals surface area contributed by atoms with Crippen LogP contribution in [-0.4, -0.2) is 18.9 Å². The number of hydrogen-bond acceptors (Lipinski definition) is 4. The monoisotopic (exact) mass is 375 g/mol. The molecule has 0 aliphatic carbocycles. The topological polar surface area (TPSA) is 38.8 Å². The van der Waals surface area contributed by atoms with E-state index in [1.807, 2.05) is 51.1 Å². The average Bonchev–Trinajstić information content (AvgIpc) is 2.60. The molecule has 1 atom stereocenters. The van der Waals surface area contributed by atoms with Crippen LogP contribution in [0.25, 0.3) is 0 Å². The maximum atomic E-state index is 12.2. The Kier molecular flexibility index (Phi) is 7.34. The molecule has 0 saturated carbocycles. The second-order valence-corrected chi connectivity index (χ2v) is 6.70. The maximum absolute atomic E-state index is 12.2. The second kappa shape index (κ2) is 9.48. The molecule has 0 radical (unpaired) electrons. The number of carbonyl (C=O) groups is 1. The highest BCUT2D eigenvalue weighted by atomic mass is 35.5. The molecular weight excluding hydrogens is 350 g/mol. The number of para-hydroxylation sites is 1. The fourth-order valence-corrected chi connectivity index (χ4v) is 2.87. The van der Waals surface area contributed by atoms with Crippen molar-refractivity contribution >= 4 is 23.4 Å². The van der Waals surface area contributed by atoms with Gasteiger partial charge in [0.1, 0.15) is 5.75 Å². The van der Waals surface area contributed by atoms with E-state index in [1.165, 1.54) is 0 Å². The van der Waals surface area contributed by atoms with E-state index in [2.05, 4.69) is 11.8 Å². The van der Waals surface area contributed by atoms with Gasteiger partial charge in [-0.15, -0.1) is 0 Å². The summed E-state index contributed by atoms with van der Waals surface area (Å²) >= 11 is 6.15. The first-order valence-corrected chi connectivity index (χ1v) is 9.27. The van der Waals surface area contributed by atoms with Gasteiger partial charge in [0.2, 0.25) is 0 Å². The van der Waals surface area contributed by atoms with Gasteiger partial charge in [0.15, 0.2) is 6.23 Å². The van der Waals surface area contributed by atoms with Gasteiger partial charge in [-0.1, -0.05) is 43.1 Å². The number of anilines is 1. The van der Waals surface area contributed by atoms with E-state index in [4.69, 9.17) is 21.1 Å². The Bertz CT molecular complexity index is 710. The van der Waals surface area contributed by atoms with Gasteiger partial charge in [-0.25, -0.2) is 4.79 Å². The zero-order valence-electron chi connectivity index (χ0n) is 15.8. The van der Waals surface area contributed by atoms with Gasteiger partial charge < -0.3 is 14.4 Å². The number of benzene rings is 2. The van der Waals surface area contributed by atoms with Crippen LogP contribution in [0.5, 0.6) is 5.75 Å². The Morgan fingerprint density at radius 3 is 2.35 bits per heavy atom. The Balaban J connectivity index is 2.05. The molecule has 4 nitrogen and oxygen atoms in total. The highest BCUT2D eigenvalue weighted by Crippen LogP contribution is 2.26. The predicted molar refractivity (Wildman–Crippen MR) is 106 cm³/mol. The summed E-state index contributed by atoms with van der Waals surface area (Å²) in [7, 11) is 0. The molecule has 0 aliphatic heterocycles. The fourth-order valence-electron chi connectivity index (χ4n) is 2.76. The summed E-state index contributed by atoms with van der Waals surface area (Å²) in [5.74, 6) is 0.432. The molecule has 0 saturated heterocycles. The van der Waals surface area contributed by atoms with E-state index in [0.29, 0.717) is 10.8 Å². The molecule has 0 fully saturated rings. The molecule has 0 spiro atoms. The van der Waals surface area contributed by atoms with Gasteiger partial charge in [-0.05, 0) is 62.6 Å². The van der Waals surface area contributed by atoms with Crippen LogP contribution in [0.2, 0.25) is 5.02 Å². The van der Waals surface area contributed by atoms with E-state index in [9.17, 15) is 4.79 Å². The lowest BCUT2D eigenvalue weighted by Crippen LogP contribution is -2.38. The average molecular weight is 376 g/mol. The summed E-state index contributed by atoms with van der Waals surface area (Å²) in [4.78, 5) is 14.3. The Morgan fingerprint density at radius 2 is 1.77 bits per heavy atom. The van der Waals surface area contributed by atoms with E-state index < -0.39 is 12.4 Å². The molecule has 0 bridgehead atoms. The summed E-state index contributed by atoms with van der Waals surface area (Å²) in [6.07, 6.45) is 0.902. The SMILES string of the molecule is CCCCN(c1ccccc1)C(C)OC(=O)Oc1cc(C)c(Cl)c(C)c1. The molecule has 26 heavy (non-hydrogen) atoms. The predicted octanol–water partition coefficient (Wildman–Crippen LogP) is 6.12. The summed E-state index contributed by atoms with van der Waals surface area (Å²) in [5.41, 5.74) is 2.73. The largest absolute Gasteiger partial charge is 0.515 e. The van der Waals surface area contributed by atoms with Crippen LogP contribution in [0, 0.1) is 13.8 Å². The molecular formula is C21H26ClNO3. The van der Waals surface area contributed by atoms with E-state index >= 15 is 0 Å². The molecule has 5 heteroatoms. The van der Waals surface area contributed by atoms with Crippen molar-refractivity contribution in [1.82, 2.24) is 0 Å². The first-order chi connectivity index (χ1) is 12.4. The van der Waals surface area contributed by atoms with Crippen LogP contribution in [0.1, 0.15) is 37.8 Å². The standard InChI is InChI=1S/C21H26ClNO3/c1-5-6-12-23(18-10-8-7-9-11-18)17(4)25-21(24)26-19-13-15(2)20(22)16(3)14-19/h7-11,13-14,17H,5-6,12H2,1-4H3. The molecule has 2 aromatic carbocycles. The normalized spacial score (nSPS) is 11.7. The number of rotatable bonds is 7. The lowest BCUT2D eigenvalue weighted by atomic mass is 10.1. The van der Waals surface area contributed by atoms with Gasteiger partial charge in [-0.2, -0.15) is 0 Å². The van der Waals surface area contributed by atoms with Crippen molar-refractivity contribution in [3.63, 3.8) is 0 Å². The summed E-state index contributed by atoms with van der Waals surface area (Å²) in [5, 5.41) is 0.675. The quantitative estimate of drug-likeness (QED) is 0.331. The van der Waals surface area contributed by atoms with Gasteiger partial charge in [0.25, 0.3) is 0 Å². The van der Waals surface area contributed by atoms with Crippen molar-refractivity contribution in [3.8, 4) is 5.75 Å². The molecule has 2 rings (SSSR count). The molecule has 140 valence electrons. The molecule has 0 amide bonds. The summed E-state index contributed by atoms with van der Waals surface area (Å²) < 4.78 is 10.9. The maximum Gasteiger partial charge on any atom is 0.515 e. The Morgan fingerprint density at radius 1 is 1.15 bits per heavy atom. The first kappa shape index (κ1) is 20.1. The van der Waals surface area contributed by atoms with Crippen molar-refractivity contribution in [2.45, 2.75) is 46.8 Å². The minimum Gasteiger partial charge on any atom is -0.410 e. The van der Waals surface area contributed by atoms with E-state index in [0.717, 1.165) is 36.2 Å². The van der Waals surface area contributed by atoms with Crippen molar-refractivity contribution in [2.24, 2.45) is 0 Å². The van der Waals surface area contributed by atoms with Gasteiger partial charge in [-0.3, -0.25) is 0 Å². The Hall–Kier alpha value is -2.20. The third-order valence-electron chi connectivity index (χ3n) is 4.16. The van der Waals surface area contributed by atoms with Crippen molar-refractivity contribution in [2.75, 3.05) is 11.4 Å². The number of ether oxygens (including phenoxy) is 2. The highest BCUT2D eigenvalue weighted by molar-refractivity contribution is 6.32. The third-order valence-corrected chi connectivity index (χ3v) is 4.75. The molecule has 2 aromatic rings. The first-order valence-electron chi connectivity index (χ1n) is 8.89. The van der Waals surface area contributed by atoms with Crippen LogP contribution in [0.3, 0.4) is 0 Å². The van der Waals surface area contributed by atoms with Crippen LogP contribution in [0.4, 0.5) is 10.5 Å². The van der Waals surface area contributed by atoms with Crippen molar-refractivity contribution < 1.29 is 14.3 Å². The highest BCUT2D eigenvalue weighted by Gasteiger charge is 2.19. The molecule has 0 N–H and O–H groups in total. The summed E-state index contributed by atoms with van der Waals surface area (Å²) in [6.45, 7) is 8.53. The number of nitrogens with zero attached hydrogens (tertiary/aromatic N) is 1. The lowest BCUT2D eigenvalue weighted by Gasteiger charge is -2.30. The number of unbranched alkanes of at least 4 members (excludes halogenated alkanes) is 1. The number of carbonyl (C=O) groups excluding carboxylic acids is 1. The fraction of sp³-hybridized carbons (Fsp3) is 0.381. The van der Waals surface area contributed by atoms with Gasteiger partial charge in [0.05, 0.1) is 0 Å². The van der Waals surface area contributed by atoms with Gasteiger partial charge in [0, 0.05) is 17.3 Å². The molecule has 1 unspecified atom stereocenters. The number of aryl methyl sites for hydroxylation is 2.